The lowest BCUT2D eigenvalue weighted by molar-refractivity contribution is -0.120. The smallest absolute Gasteiger partial charge is 0.264 e. The average Bonchev–Trinajstić information content (AvgIpc) is 2.78. The summed E-state index contributed by atoms with van der Waals surface area (Å²) >= 11 is 0. The predicted octanol–water partition coefficient (Wildman–Crippen LogP) is 3.16. The molecule has 7 nitrogen and oxygen atoms in total. The minimum absolute atomic E-state index is 0.0843. The zero-order valence-corrected chi connectivity index (χ0v) is 19.3. The molecule has 0 fully saturated rings. The molecule has 3 rings (SSSR count). The summed E-state index contributed by atoms with van der Waals surface area (Å²) in [5.74, 6) is -0.493. The van der Waals surface area contributed by atoms with Crippen molar-refractivity contribution in [2.75, 3.05) is 17.1 Å². The van der Waals surface area contributed by atoms with Gasteiger partial charge in [-0.05, 0) is 48.9 Å². The fourth-order valence-electron chi connectivity index (χ4n) is 3.13. The Hall–Kier alpha value is -3.17. The van der Waals surface area contributed by atoms with Gasteiger partial charge < -0.3 is 5.32 Å². The molecule has 32 heavy (non-hydrogen) atoms. The molecule has 0 aliphatic carbocycles. The van der Waals surface area contributed by atoms with Crippen LogP contribution >= 0.6 is 0 Å². The summed E-state index contributed by atoms with van der Waals surface area (Å²) in [5, 5.41) is 2.78. The largest absolute Gasteiger partial charge is 0.348 e. The number of amides is 1. The van der Waals surface area contributed by atoms with Gasteiger partial charge in [0.2, 0.25) is 5.91 Å². The van der Waals surface area contributed by atoms with Crippen molar-refractivity contribution in [3.05, 3.63) is 90.5 Å². The molecular weight excluding hydrogens is 448 g/mol. The van der Waals surface area contributed by atoms with Crippen molar-refractivity contribution >= 4 is 31.5 Å². The number of benzene rings is 3. The molecule has 1 unspecified atom stereocenters. The minimum atomic E-state index is -3.97. The van der Waals surface area contributed by atoms with Crippen LogP contribution in [-0.4, -0.2) is 35.5 Å². The summed E-state index contributed by atoms with van der Waals surface area (Å²) in [4.78, 5) is 13.1. The highest BCUT2D eigenvalue weighted by molar-refractivity contribution is 7.93. The second-order valence-corrected chi connectivity index (χ2v) is 11.2. The molecule has 0 aromatic heterocycles. The maximum atomic E-state index is 13.2. The summed E-state index contributed by atoms with van der Waals surface area (Å²) in [6.07, 6.45) is 1.12. The fraction of sp³-hybridized carbons (Fsp3) is 0.174. The first-order valence-electron chi connectivity index (χ1n) is 9.81. The van der Waals surface area contributed by atoms with Gasteiger partial charge in [0, 0.05) is 6.26 Å². The summed E-state index contributed by atoms with van der Waals surface area (Å²) < 4.78 is 50.8. The lowest BCUT2D eigenvalue weighted by atomic mass is 10.1. The highest BCUT2D eigenvalue weighted by Crippen LogP contribution is 2.23. The van der Waals surface area contributed by atoms with Crippen LogP contribution in [0.5, 0.6) is 0 Å². The van der Waals surface area contributed by atoms with Crippen LogP contribution in [0.15, 0.2) is 94.7 Å². The molecule has 0 aliphatic rings. The van der Waals surface area contributed by atoms with Gasteiger partial charge in [-0.3, -0.25) is 9.10 Å². The normalized spacial score (nSPS) is 12.7. The van der Waals surface area contributed by atoms with Crippen molar-refractivity contribution in [3.63, 3.8) is 0 Å². The van der Waals surface area contributed by atoms with Crippen LogP contribution in [0.4, 0.5) is 5.69 Å². The van der Waals surface area contributed by atoms with E-state index in [1.54, 1.807) is 67.6 Å². The van der Waals surface area contributed by atoms with E-state index in [9.17, 15) is 21.6 Å². The van der Waals surface area contributed by atoms with Crippen LogP contribution < -0.4 is 9.62 Å². The molecular formula is C23H24N2O5S2. The van der Waals surface area contributed by atoms with Crippen LogP contribution in [0, 0.1) is 0 Å². The molecule has 1 atom stereocenters. The van der Waals surface area contributed by atoms with E-state index in [-0.39, 0.29) is 9.79 Å². The van der Waals surface area contributed by atoms with Crippen molar-refractivity contribution in [1.82, 2.24) is 5.32 Å². The number of nitrogens with one attached hydrogen (secondary N) is 1. The highest BCUT2D eigenvalue weighted by Gasteiger charge is 2.27. The Labute approximate surface area is 188 Å². The van der Waals surface area contributed by atoms with Crippen LogP contribution in [0.2, 0.25) is 0 Å². The number of anilines is 1. The molecule has 3 aromatic carbocycles. The first kappa shape index (κ1) is 23.5. The standard InChI is InChI=1S/C23H24N2O5S2/c1-18(19-13-15-21(16-14-19)31(2,27)28)24-23(26)17-25(20-9-5-3-6-10-20)32(29,30)22-11-7-4-8-12-22/h3-16,18H,17H2,1-2H3,(H,24,26). The van der Waals surface area contributed by atoms with E-state index in [1.807, 2.05) is 0 Å². The van der Waals surface area contributed by atoms with Crippen molar-refractivity contribution in [1.29, 1.82) is 0 Å². The van der Waals surface area contributed by atoms with Crippen LogP contribution in [0.3, 0.4) is 0 Å². The summed E-state index contributed by atoms with van der Waals surface area (Å²) in [6, 6.07) is 22.1. The van der Waals surface area contributed by atoms with Gasteiger partial charge in [0.1, 0.15) is 6.54 Å². The molecule has 1 N–H and O–H groups in total. The predicted molar refractivity (Wildman–Crippen MR) is 124 cm³/mol. The van der Waals surface area contributed by atoms with Crippen molar-refractivity contribution < 1.29 is 21.6 Å². The number of rotatable bonds is 8. The van der Waals surface area contributed by atoms with E-state index in [0.29, 0.717) is 11.3 Å². The number of para-hydroxylation sites is 1. The van der Waals surface area contributed by atoms with E-state index in [1.165, 1.54) is 24.3 Å². The van der Waals surface area contributed by atoms with Crippen molar-refractivity contribution in [2.45, 2.75) is 22.8 Å². The van der Waals surface area contributed by atoms with E-state index in [0.717, 1.165) is 10.6 Å². The van der Waals surface area contributed by atoms with Gasteiger partial charge in [0.05, 0.1) is 21.5 Å². The molecule has 0 bridgehead atoms. The SMILES string of the molecule is CC(NC(=O)CN(c1ccccc1)S(=O)(=O)c1ccccc1)c1ccc(S(C)(=O)=O)cc1. The Morgan fingerprint density at radius 3 is 1.88 bits per heavy atom. The van der Waals surface area contributed by atoms with E-state index < -0.39 is 38.4 Å². The number of carbonyl (C=O) groups excluding carboxylic acids is 1. The summed E-state index contributed by atoms with van der Waals surface area (Å²) in [5.41, 5.74) is 1.07. The molecule has 168 valence electrons. The number of hydrogen-bond donors (Lipinski definition) is 1. The first-order valence-corrected chi connectivity index (χ1v) is 13.1. The van der Waals surface area contributed by atoms with Crippen molar-refractivity contribution in [3.8, 4) is 0 Å². The Bertz CT molecular complexity index is 1280. The van der Waals surface area contributed by atoms with Crippen molar-refractivity contribution in [2.24, 2.45) is 0 Å². The monoisotopic (exact) mass is 472 g/mol. The maximum Gasteiger partial charge on any atom is 0.264 e. The third-order valence-electron chi connectivity index (χ3n) is 4.85. The molecule has 3 aromatic rings. The zero-order valence-electron chi connectivity index (χ0n) is 17.7. The maximum absolute atomic E-state index is 13.2. The Balaban J connectivity index is 1.81. The second kappa shape index (κ2) is 9.54. The molecule has 0 saturated heterocycles. The summed E-state index contributed by atoms with van der Waals surface area (Å²) in [7, 11) is -7.28. The van der Waals surface area contributed by atoms with Crippen LogP contribution in [0.25, 0.3) is 0 Å². The lowest BCUT2D eigenvalue weighted by Gasteiger charge is -2.25. The molecule has 0 radical (unpaired) electrons. The molecule has 0 saturated carbocycles. The van der Waals surface area contributed by atoms with E-state index in [2.05, 4.69) is 5.32 Å². The topological polar surface area (TPSA) is 101 Å². The Kier molecular flexibility index (Phi) is 7.00. The first-order chi connectivity index (χ1) is 15.1. The number of nitrogens with zero attached hydrogens (tertiary/aromatic N) is 1. The third kappa shape index (κ3) is 5.54. The zero-order chi connectivity index (χ0) is 23.4. The number of hydrogen-bond acceptors (Lipinski definition) is 5. The Morgan fingerprint density at radius 2 is 1.34 bits per heavy atom. The number of sulfone groups is 1. The number of carbonyl (C=O) groups is 1. The van der Waals surface area contributed by atoms with E-state index >= 15 is 0 Å². The van der Waals surface area contributed by atoms with Gasteiger partial charge in [-0.25, -0.2) is 16.8 Å². The Morgan fingerprint density at radius 1 is 0.812 bits per heavy atom. The average molecular weight is 473 g/mol. The van der Waals surface area contributed by atoms with Gasteiger partial charge in [-0.1, -0.05) is 48.5 Å². The molecule has 0 aliphatic heterocycles. The van der Waals surface area contributed by atoms with Crippen LogP contribution in [-0.2, 0) is 24.7 Å². The third-order valence-corrected chi connectivity index (χ3v) is 7.76. The molecule has 9 heteroatoms. The quantitative estimate of drug-likeness (QED) is 0.543. The lowest BCUT2D eigenvalue weighted by Crippen LogP contribution is -2.41. The van der Waals surface area contributed by atoms with Crippen LogP contribution in [0.1, 0.15) is 18.5 Å². The van der Waals surface area contributed by atoms with E-state index in [4.69, 9.17) is 0 Å². The minimum Gasteiger partial charge on any atom is -0.348 e. The molecule has 0 spiro atoms. The summed E-state index contributed by atoms with van der Waals surface area (Å²) in [6.45, 7) is 1.33. The molecule has 1 amide bonds. The number of sulfonamides is 1. The van der Waals surface area contributed by atoms with Gasteiger partial charge in [-0.2, -0.15) is 0 Å². The van der Waals surface area contributed by atoms with Gasteiger partial charge >= 0.3 is 0 Å². The van der Waals surface area contributed by atoms with Gasteiger partial charge in [-0.15, -0.1) is 0 Å². The fourth-order valence-corrected chi connectivity index (χ4v) is 5.21. The van der Waals surface area contributed by atoms with Gasteiger partial charge in [0.25, 0.3) is 10.0 Å². The molecule has 0 heterocycles. The highest BCUT2D eigenvalue weighted by atomic mass is 32.2. The second-order valence-electron chi connectivity index (χ2n) is 7.29. The van der Waals surface area contributed by atoms with Gasteiger partial charge in [0.15, 0.2) is 9.84 Å².